The van der Waals surface area contributed by atoms with Crippen LogP contribution in [0.2, 0.25) is 5.02 Å². The molecule has 3 rings (SSSR count). The zero-order valence-electron chi connectivity index (χ0n) is 15.6. The SMILES string of the molecule is Cc1c(Cl)cccc1NC(=O)COC(=O)c1ccccc1SC[C@H]1CCCO1. The van der Waals surface area contributed by atoms with Gasteiger partial charge in [-0.1, -0.05) is 29.8 Å². The highest BCUT2D eigenvalue weighted by molar-refractivity contribution is 7.99. The van der Waals surface area contributed by atoms with Gasteiger partial charge in [0.2, 0.25) is 0 Å². The fraction of sp³-hybridized carbons (Fsp3) is 0.333. The maximum atomic E-state index is 12.5. The quantitative estimate of drug-likeness (QED) is 0.519. The lowest BCUT2D eigenvalue weighted by molar-refractivity contribution is -0.119. The molecule has 2 aromatic rings. The van der Waals surface area contributed by atoms with Crippen LogP contribution in [0.1, 0.15) is 28.8 Å². The van der Waals surface area contributed by atoms with Gasteiger partial charge in [0.15, 0.2) is 6.61 Å². The molecule has 1 N–H and O–H groups in total. The number of halogens is 1. The van der Waals surface area contributed by atoms with E-state index in [1.54, 1.807) is 42.1 Å². The number of rotatable bonds is 7. The van der Waals surface area contributed by atoms with Gasteiger partial charge in [-0.15, -0.1) is 11.8 Å². The van der Waals surface area contributed by atoms with Gasteiger partial charge < -0.3 is 14.8 Å². The monoisotopic (exact) mass is 419 g/mol. The van der Waals surface area contributed by atoms with Crippen LogP contribution in [0.4, 0.5) is 5.69 Å². The smallest absolute Gasteiger partial charge is 0.339 e. The predicted octanol–water partition coefficient (Wildman–Crippen LogP) is 4.72. The van der Waals surface area contributed by atoms with Crippen LogP contribution in [0.25, 0.3) is 0 Å². The lowest BCUT2D eigenvalue weighted by Crippen LogP contribution is -2.21. The van der Waals surface area contributed by atoms with Crippen molar-refractivity contribution in [1.82, 2.24) is 0 Å². The summed E-state index contributed by atoms with van der Waals surface area (Å²) in [5.41, 5.74) is 1.82. The first-order valence-corrected chi connectivity index (χ1v) is 10.5. The summed E-state index contributed by atoms with van der Waals surface area (Å²) in [6, 6.07) is 12.5. The summed E-state index contributed by atoms with van der Waals surface area (Å²) < 4.78 is 10.8. The van der Waals surface area contributed by atoms with Gasteiger partial charge in [-0.3, -0.25) is 4.79 Å². The van der Waals surface area contributed by atoms with Crippen LogP contribution >= 0.6 is 23.4 Å². The molecule has 0 radical (unpaired) electrons. The number of amides is 1. The van der Waals surface area contributed by atoms with Crippen LogP contribution in [-0.2, 0) is 14.3 Å². The first-order valence-electron chi connectivity index (χ1n) is 9.10. The Morgan fingerprint density at radius 1 is 1.25 bits per heavy atom. The van der Waals surface area contributed by atoms with E-state index in [0.717, 1.165) is 35.7 Å². The van der Waals surface area contributed by atoms with Crippen molar-refractivity contribution >= 4 is 40.9 Å². The Bertz CT molecular complexity index is 852. The van der Waals surface area contributed by atoms with E-state index in [-0.39, 0.29) is 12.7 Å². The van der Waals surface area contributed by atoms with Gasteiger partial charge in [0, 0.05) is 28.0 Å². The number of anilines is 1. The summed E-state index contributed by atoms with van der Waals surface area (Å²) in [5, 5.41) is 3.27. The summed E-state index contributed by atoms with van der Waals surface area (Å²) >= 11 is 7.62. The Labute approximate surface area is 173 Å². The van der Waals surface area contributed by atoms with Gasteiger partial charge in [-0.05, 0) is 49.6 Å². The van der Waals surface area contributed by atoms with E-state index in [4.69, 9.17) is 21.1 Å². The normalized spacial score (nSPS) is 16.0. The second-order valence-electron chi connectivity index (χ2n) is 6.48. The lowest BCUT2D eigenvalue weighted by Gasteiger charge is -2.12. The Morgan fingerprint density at radius 3 is 2.86 bits per heavy atom. The van der Waals surface area contributed by atoms with Gasteiger partial charge in [-0.25, -0.2) is 4.79 Å². The number of benzene rings is 2. The molecule has 2 aromatic carbocycles. The molecule has 0 spiro atoms. The molecule has 0 unspecified atom stereocenters. The van der Waals surface area contributed by atoms with Crippen molar-refractivity contribution in [2.75, 3.05) is 24.3 Å². The van der Waals surface area contributed by atoms with E-state index in [2.05, 4.69) is 5.32 Å². The summed E-state index contributed by atoms with van der Waals surface area (Å²) in [4.78, 5) is 25.4. The second-order valence-corrected chi connectivity index (χ2v) is 7.95. The van der Waals surface area contributed by atoms with Gasteiger partial charge in [0.1, 0.15) is 0 Å². The molecule has 28 heavy (non-hydrogen) atoms. The number of hydrogen-bond acceptors (Lipinski definition) is 5. The maximum Gasteiger partial charge on any atom is 0.339 e. The van der Waals surface area contributed by atoms with Crippen molar-refractivity contribution in [3.8, 4) is 0 Å². The Balaban J connectivity index is 1.55. The van der Waals surface area contributed by atoms with Crippen LogP contribution in [0, 0.1) is 6.92 Å². The minimum Gasteiger partial charge on any atom is -0.452 e. The fourth-order valence-corrected chi connectivity index (χ4v) is 4.14. The molecule has 1 amide bonds. The van der Waals surface area contributed by atoms with Crippen LogP contribution in [0.3, 0.4) is 0 Å². The van der Waals surface area contributed by atoms with Crippen molar-refractivity contribution in [2.45, 2.75) is 30.8 Å². The molecule has 7 heteroatoms. The molecule has 148 valence electrons. The van der Waals surface area contributed by atoms with Crippen molar-refractivity contribution in [1.29, 1.82) is 0 Å². The van der Waals surface area contributed by atoms with Gasteiger partial charge in [0.05, 0.1) is 11.7 Å². The Kier molecular flexibility index (Phi) is 7.36. The number of carbonyl (C=O) groups is 2. The van der Waals surface area contributed by atoms with Gasteiger partial charge in [-0.2, -0.15) is 0 Å². The molecule has 1 aliphatic rings. The van der Waals surface area contributed by atoms with Crippen LogP contribution in [0.5, 0.6) is 0 Å². The molecule has 0 bridgehead atoms. The van der Waals surface area contributed by atoms with Crippen LogP contribution < -0.4 is 5.32 Å². The topological polar surface area (TPSA) is 64.6 Å². The molecule has 1 atom stereocenters. The number of thioether (sulfide) groups is 1. The Hall–Kier alpha value is -2.02. The zero-order valence-corrected chi connectivity index (χ0v) is 17.1. The number of esters is 1. The van der Waals surface area contributed by atoms with Crippen molar-refractivity contribution < 1.29 is 19.1 Å². The number of nitrogens with one attached hydrogen (secondary N) is 1. The molecule has 5 nitrogen and oxygen atoms in total. The highest BCUT2D eigenvalue weighted by Crippen LogP contribution is 2.27. The standard InChI is InChI=1S/C21H22ClNO4S/c1-14-17(22)8-4-9-18(14)23-20(24)12-27-21(25)16-7-2-3-10-19(16)28-13-15-6-5-11-26-15/h2-4,7-10,15H,5-6,11-13H2,1H3,(H,23,24)/t15-/m1/s1. The molecule has 1 fully saturated rings. The van der Waals surface area contributed by atoms with Crippen molar-refractivity contribution in [3.05, 3.63) is 58.6 Å². The number of hydrogen-bond donors (Lipinski definition) is 1. The number of ether oxygens (including phenoxy) is 2. The average molecular weight is 420 g/mol. The van der Waals surface area contributed by atoms with E-state index in [1.165, 1.54) is 0 Å². The minimum absolute atomic E-state index is 0.223. The largest absolute Gasteiger partial charge is 0.452 e. The highest BCUT2D eigenvalue weighted by Gasteiger charge is 2.19. The molecule has 0 aliphatic carbocycles. The zero-order chi connectivity index (χ0) is 19.9. The highest BCUT2D eigenvalue weighted by atomic mass is 35.5. The molecular formula is C21H22ClNO4S. The van der Waals surface area contributed by atoms with Crippen molar-refractivity contribution in [2.24, 2.45) is 0 Å². The van der Waals surface area contributed by atoms with Gasteiger partial charge >= 0.3 is 5.97 Å². The Morgan fingerprint density at radius 2 is 2.07 bits per heavy atom. The first-order chi connectivity index (χ1) is 13.5. The van der Waals surface area contributed by atoms with E-state index in [0.29, 0.717) is 16.3 Å². The molecule has 1 saturated heterocycles. The van der Waals surface area contributed by atoms with Crippen molar-refractivity contribution in [3.63, 3.8) is 0 Å². The predicted molar refractivity (Wildman–Crippen MR) is 111 cm³/mol. The van der Waals surface area contributed by atoms with Gasteiger partial charge in [0.25, 0.3) is 5.91 Å². The second kappa shape index (κ2) is 9.96. The molecule has 1 heterocycles. The molecule has 0 aromatic heterocycles. The number of carbonyl (C=O) groups excluding carboxylic acids is 2. The molecule has 0 saturated carbocycles. The average Bonchev–Trinajstić information content (AvgIpc) is 3.22. The fourth-order valence-electron chi connectivity index (χ4n) is 2.86. The summed E-state index contributed by atoms with van der Waals surface area (Å²) in [6.07, 6.45) is 2.35. The summed E-state index contributed by atoms with van der Waals surface area (Å²) in [5.74, 6) is -0.143. The summed E-state index contributed by atoms with van der Waals surface area (Å²) in [7, 11) is 0. The molecular weight excluding hydrogens is 398 g/mol. The minimum atomic E-state index is -0.520. The van der Waals surface area contributed by atoms with E-state index >= 15 is 0 Å². The van der Waals surface area contributed by atoms with E-state index < -0.39 is 11.9 Å². The van der Waals surface area contributed by atoms with Crippen LogP contribution in [-0.4, -0.2) is 36.9 Å². The van der Waals surface area contributed by atoms with E-state index in [9.17, 15) is 9.59 Å². The third-order valence-electron chi connectivity index (χ3n) is 4.43. The molecule has 1 aliphatic heterocycles. The third-order valence-corrected chi connectivity index (χ3v) is 6.05. The first kappa shape index (κ1) is 20.7. The lowest BCUT2D eigenvalue weighted by atomic mass is 10.2. The maximum absolute atomic E-state index is 12.5. The van der Waals surface area contributed by atoms with Crippen LogP contribution in [0.15, 0.2) is 47.4 Å². The summed E-state index contributed by atoms with van der Waals surface area (Å²) in [6.45, 7) is 2.25. The van der Waals surface area contributed by atoms with E-state index in [1.807, 2.05) is 19.1 Å². The third kappa shape index (κ3) is 5.50.